The smallest absolute Gasteiger partial charge is 0.189 e. The zero-order chi connectivity index (χ0) is 14.0. The van der Waals surface area contributed by atoms with Gasteiger partial charge in [-0.1, -0.05) is 41.5 Å². The molecule has 0 aliphatic heterocycles. The van der Waals surface area contributed by atoms with Crippen LogP contribution in [0.4, 0.5) is 3.89 Å². The van der Waals surface area contributed by atoms with E-state index in [2.05, 4.69) is 47.0 Å². The Morgan fingerprint density at radius 1 is 1.28 bits per heavy atom. The van der Waals surface area contributed by atoms with Crippen LogP contribution in [0.5, 0.6) is 0 Å². The maximum Gasteiger partial charge on any atom is 0.332 e. The topological polar surface area (TPSA) is 34.1 Å². The Morgan fingerprint density at radius 2 is 1.89 bits per heavy atom. The fraction of sp³-hybridized carbons (Fsp3) is 0.333. The maximum atomic E-state index is 13.0. The third-order valence-electron chi connectivity index (χ3n) is 1.98. The van der Waals surface area contributed by atoms with E-state index in [0.29, 0.717) is 16.5 Å². The third kappa shape index (κ3) is 4.92. The highest BCUT2D eigenvalue weighted by atomic mass is 79.9. The molecule has 1 aromatic carbocycles. The molecular weight excluding hydrogens is 335 g/mol. The fourth-order valence-corrected chi connectivity index (χ4v) is 2.61. The molecule has 0 aromatic heterocycles. The highest BCUT2D eigenvalue weighted by Gasteiger charge is 2.14. The Labute approximate surface area is 117 Å². The van der Waals surface area contributed by atoms with Gasteiger partial charge in [0.2, 0.25) is 0 Å². The zero-order valence-corrected chi connectivity index (χ0v) is 13.8. The van der Waals surface area contributed by atoms with Crippen LogP contribution in [0.2, 0.25) is 19.6 Å². The van der Waals surface area contributed by atoms with Crippen molar-refractivity contribution in [1.29, 1.82) is 0 Å². The Hall–Kier alpha value is -0.643. The Kier molecular flexibility index (Phi) is 4.76. The maximum absolute atomic E-state index is 13.0. The van der Waals surface area contributed by atoms with Crippen LogP contribution in [-0.4, -0.2) is 16.5 Å². The van der Waals surface area contributed by atoms with Crippen molar-refractivity contribution >= 4 is 34.2 Å². The number of rotatable bonds is 2. The molecule has 0 unspecified atom stereocenters. The molecule has 1 rings (SSSR count). The first kappa shape index (κ1) is 15.4. The van der Waals surface area contributed by atoms with Crippen LogP contribution in [-0.2, 0) is 15.6 Å². The molecular formula is C12H14BrFO2SSi. The molecule has 0 atom stereocenters. The molecule has 0 N–H and O–H groups in total. The van der Waals surface area contributed by atoms with Crippen molar-refractivity contribution in [2.45, 2.75) is 29.9 Å². The van der Waals surface area contributed by atoms with Gasteiger partial charge in [0.05, 0.1) is 0 Å². The van der Waals surface area contributed by atoms with E-state index >= 15 is 0 Å². The van der Waals surface area contributed by atoms with Crippen LogP contribution in [0.15, 0.2) is 23.1 Å². The van der Waals surface area contributed by atoms with Gasteiger partial charge < -0.3 is 0 Å². The van der Waals surface area contributed by atoms with Gasteiger partial charge in [0.1, 0.15) is 13.0 Å². The monoisotopic (exact) mass is 348 g/mol. The van der Waals surface area contributed by atoms with Gasteiger partial charge in [-0.05, 0) is 23.8 Å². The van der Waals surface area contributed by atoms with Gasteiger partial charge in [-0.15, -0.1) is 9.43 Å². The standard InChI is InChI=1S/C12H14BrFO2SSi/c1-18(2,3)5-4-10-6-11(9-13)8-12(7-10)17(14,15)16/h6-8H,9H2,1-3H3. The first-order chi connectivity index (χ1) is 8.12. The lowest BCUT2D eigenvalue weighted by Gasteiger charge is -2.05. The minimum absolute atomic E-state index is 0.334. The number of hydrogen-bond acceptors (Lipinski definition) is 2. The molecule has 2 nitrogen and oxygen atoms in total. The Balaban J connectivity index is 3.33. The van der Waals surface area contributed by atoms with E-state index in [-0.39, 0.29) is 4.90 Å². The second-order valence-electron chi connectivity index (χ2n) is 4.94. The number of halogens is 2. The molecule has 0 saturated carbocycles. The molecule has 0 bridgehead atoms. The van der Waals surface area contributed by atoms with Gasteiger partial charge in [-0.25, -0.2) is 0 Å². The van der Waals surface area contributed by atoms with Crippen molar-refractivity contribution in [3.63, 3.8) is 0 Å². The van der Waals surface area contributed by atoms with E-state index in [1.807, 2.05) is 0 Å². The summed E-state index contributed by atoms with van der Waals surface area (Å²) >= 11 is 3.23. The summed E-state index contributed by atoms with van der Waals surface area (Å²) in [5, 5.41) is 0.456. The van der Waals surface area contributed by atoms with Crippen LogP contribution in [0.3, 0.4) is 0 Å². The van der Waals surface area contributed by atoms with Crippen LogP contribution in [0.25, 0.3) is 0 Å². The van der Waals surface area contributed by atoms with Crippen LogP contribution >= 0.6 is 15.9 Å². The predicted octanol–water partition coefficient (Wildman–Crippen LogP) is 3.47. The zero-order valence-electron chi connectivity index (χ0n) is 10.4. The molecule has 0 radical (unpaired) electrons. The molecule has 0 spiro atoms. The highest BCUT2D eigenvalue weighted by molar-refractivity contribution is 9.08. The first-order valence-corrected chi connectivity index (χ1v) is 11.3. The summed E-state index contributed by atoms with van der Waals surface area (Å²) < 4.78 is 34.9. The van der Waals surface area contributed by atoms with E-state index in [1.54, 1.807) is 6.07 Å². The summed E-state index contributed by atoms with van der Waals surface area (Å²) in [6, 6.07) is 4.34. The van der Waals surface area contributed by atoms with E-state index in [0.717, 1.165) is 0 Å². The van der Waals surface area contributed by atoms with Crippen molar-refractivity contribution in [2.75, 3.05) is 0 Å². The van der Waals surface area contributed by atoms with Gasteiger partial charge in [-0.2, -0.15) is 8.42 Å². The average molecular weight is 349 g/mol. The molecule has 0 heterocycles. The van der Waals surface area contributed by atoms with Crippen LogP contribution in [0.1, 0.15) is 11.1 Å². The average Bonchev–Trinajstić information content (AvgIpc) is 2.24. The highest BCUT2D eigenvalue weighted by Crippen LogP contribution is 2.18. The SMILES string of the molecule is C[Si](C)(C)C#Cc1cc(CBr)cc(S(=O)(=O)F)c1. The van der Waals surface area contributed by atoms with Gasteiger partial charge in [0.15, 0.2) is 0 Å². The molecule has 1 aromatic rings. The first-order valence-electron chi connectivity index (χ1n) is 5.29. The Morgan fingerprint density at radius 3 is 2.33 bits per heavy atom. The lowest BCUT2D eigenvalue weighted by Crippen LogP contribution is -2.16. The molecule has 0 amide bonds. The molecule has 6 heteroatoms. The summed E-state index contributed by atoms with van der Waals surface area (Å²) in [4.78, 5) is -0.334. The number of hydrogen-bond donors (Lipinski definition) is 0. The second kappa shape index (κ2) is 5.55. The van der Waals surface area contributed by atoms with Crippen LogP contribution < -0.4 is 0 Å². The van der Waals surface area contributed by atoms with Gasteiger partial charge in [-0.3, -0.25) is 0 Å². The van der Waals surface area contributed by atoms with Crippen molar-refractivity contribution in [1.82, 2.24) is 0 Å². The number of alkyl halides is 1. The number of benzene rings is 1. The molecule has 0 saturated heterocycles. The second-order valence-corrected chi connectivity index (χ2v) is 11.6. The normalized spacial score (nSPS) is 11.8. The van der Waals surface area contributed by atoms with Crippen molar-refractivity contribution in [2.24, 2.45) is 0 Å². The molecule has 18 heavy (non-hydrogen) atoms. The van der Waals surface area contributed by atoms with Crippen molar-refractivity contribution in [3.8, 4) is 11.5 Å². The van der Waals surface area contributed by atoms with E-state index in [4.69, 9.17) is 0 Å². The fourth-order valence-electron chi connectivity index (χ4n) is 1.21. The third-order valence-corrected chi connectivity index (χ3v) is 4.31. The lowest BCUT2D eigenvalue weighted by molar-refractivity contribution is 0.552. The molecule has 98 valence electrons. The van der Waals surface area contributed by atoms with Gasteiger partial charge >= 0.3 is 10.2 Å². The van der Waals surface area contributed by atoms with Crippen molar-refractivity contribution in [3.05, 3.63) is 29.3 Å². The van der Waals surface area contributed by atoms with Gasteiger partial charge in [0.25, 0.3) is 0 Å². The minimum Gasteiger partial charge on any atom is -0.189 e. The van der Waals surface area contributed by atoms with E-state index < -0.39 is 18.3 Å². The summed E-state index contributed by atoms with van der Waals surface area (Å²) in [5.74, 6) is 2.93. The summed E-state index contributed by atoms with van der Waals surface area (Å²) in [6.45, 7) is 6.25. The summed E-state index contributed by atoms with van der Waals surface area (Å²) in [7, 11) is -6.24. The van der Waals surface area contributed by atoms with E-state index in [1.165, 1.54) is 12.1 Å². The van der Waals surface area contributed by atoms with E-state index in [9.17, 15) is 12.3 Å². The predicted molar refractivity (Wildman–Crippen MR) is 77.6 cm³/mol. The van der Waals surface area contributed by atoms with Crippen LogP contribution in [0, 0.1) is 11.5 Å². The Bertz CT molecular complexity index is 609. The minimum atomic E-state index is -4.69. The lowest BCUT2D eigenvalue weighted by atomic mass is 10.1. The summed E-state index contributed by atoms with van der Waals surface area (Å²) in [5.41, 5.74) is 4.35. The molecule has 0 aliphatic rings. The quantitative estimate of drug-likeness (QED) is 0.355. The molecule has 0 fully saturated rings. The summed E-state index contributed by atoms with van der Waals surface area (Å²) in [6.07, 6.45) is 0. The molecule has 0 aliphatic carbocycles. The van der Waals surface area contributed by atoms with Crippen molar-refractivity contribution < 1.29 is 12.3 Å². The largest absolute Gasteiger partial charge is 0.332 e. The van der Waals surface area contributed by atoms with Gasteiger partial charge in [0, 0.05) is 10.9 Å².